The van der Waals surface area contributed by atoms with E-state index in [-0.39, 0.29) is 5.54 Å². The van der Waals surface area contributed by atoms with Crippen molar-refractivity contribution in [2.45, 2.75) is 39.3 Å². The lowest BCUT2D eigenvalue weighted by Gasteiger charge is -2.22. The largest absolute Gasteiger partial charge is 0.354 e. The average Bonchev–Trinajstić information content (AvgIpc) is 2.61. The summed E-state index contributed by atoms with van der Waals surface area (Å²) >= 11 is 0. The van der Waals surface area contributed by atoms with Crippen molar-refractivity contribution in [3.05, 3.63) is 18.1 Å². The van der Waals surface area contributed by atoms with Crippen molar-refractivity contribution >= 4 is 5.82 Å². The minimum atomic E-state index is 0.107. The Morgan fingerprint density at radius 3 is 2.55 bits per heavy atom. The molecule has 1 fully saturated rings. The molecule has 1 aromatic rings. The van der Waals surface area contributed by atoms with Crippen LogP contribution in [0.2, 0.25) is 0 Å². The first-order valence-corrected chi connectivity index (χ1v) is 7.43. The molecule has 0 atom stereocenters. The van der Waals surface area contributed by atoms with Crippen LogP contribution in [0.5, 0.6) is 0 Å². The average molecular weight is 277 g/mol. The Morgan fingerprint density at radius 1 is 1.10 bits per heavy atom. The molecular weight excluding hydrogens is 250 g/mol. The summed E-state index contributed by atoms with van der Waals surface area (Å²) in [5.41, 5.74) is 1.10. The molecule has 1 aliphatic rings. The third-order valence-corrected chi connectivity index (χ3v) is 3.54. The number of nitrogens with zero attached hydrogens (tertiary/aromatic N) is 4. The Balaban J connectivity index is 1.93. The summed E-state index contributed by atoms with van der Waals surface area (Å²) in [6.45, 7) is 11.6. The van der Waals surface area contributed by atoms with Gasteiger partial charge in [-0.25, -0.2) is 4.98 Å². The molecule has 0 unspecified atom stereocenters. The van der Waals surface area contributed by atoms with Crippen molar-refractivity contribution in [2.75, 3.05) is 38.1 Å². The standard InChI is InChI=1S/C15H27N5/c1-15(2,3)18-11-13-10-17-14(12-16-13)20-7-5-6-19(4)8-9-20/h10,12,18H,5-9,11H2,1-4H3. The van der Waals surface area contributed by atoms with Gasteiger partial charge in [-0.15, -0.1) is 0 Å². The zero-order chi connectivity index (χ0) is 14.6. The highest BCUT2D eigenvalue weighted by Gasteiger charge is 2.14. The molecule has 5 nitrogen and oxygen atoms in total. The lowest BCUT2D eigenvalue weighted by Crippen LogP contribution is -2.35. The highest BCUT2D eigenvalue weighted by molar-refractivity contribution is 5.36. The highest BCUT2D eigenvalue weighted by Crippen LogP contribution is 2.12. The topological polar surface area (TPSA) is 44.3 Å². The summed E-state index contributed by atoms with van der Waals surface area (Å²) < 4.78 is 0. The van der Waals surface area contributed by atoms with E-state index < -0.39 is 0 Å². The molecule has 1 aromatic heterocycles. The van der Waals surface area contributed by atoms with Crippen molar-refractivity contribution in [3.63, 3.8) is 0 Å². The molecule has 0 spiro atoms. The molecule has 0 bridgehead atoms. The van der Waals surface area contributed by atoms with Crippen LogP contribution in [0.15, 0.2) is 12.4 Å². The second-order valence-electron chi connectivity index (χ2n) is 6.61. The molecule has 1 N–H and O–H groups in total. The van der Waals surface area contributed by atoms with Gasteiger partial charge in [0.1, 0.15) is 5.82 Å². The number of aromatic nitrogens is 2. The highest BCUT2D eigenvalue weighted by atomic mass is 15.2. The SMILES string of the molecule is CN1CCCN(c2cnc(CNC(C)(C)C)cn2)CC1. The van der Waals surface area contributed by atoms with Crippen molar-refractivity contribution in [1.29, 1.82) is 0 Å². The van der Waals surface area contributed by atoms with Gasteiger partial charge in [0, 0.05) is 31.7 Å². The summed E-state index contributed by atoms with van der Waals surface area (Å²) in [6, 6.07) is 0. The van der Waals surface area contributed by atoms with Crippen LogP contribution in [-0.2, 0) is 6.54 Å². The van der Waals surface area contributed by atoms with Gasteiger partial charge in [0.15, 0.2) is 0 Å². The maximum atomic E-state index is 4.57. The van der Waals surface area contributed by atoms with Crippen molar-refractivity contribution in [1.82, 2.24) is 20.2 Å². The summed E-state index contributed by atoms with van der Waals surface area (Å²) in [6.07, 6.45) is 4.99. The summed E-state index contributed by atoms with van der Waals surface area (Å²) in [7, 11) is 2.18. The van der Waals surface area contributed by atoms with Crippen LogP contribution in [0.1, 0.15) is 32.9 Å². The van der Waals surface area contributed by atoms with E-state index in [1.54, 1.807) is 0 Å². The van der Waals surface area contributed by atoms with Crippen LogP contribution in [0.25, 0.3) is 0 Å². The maximum absolute atomic E-state index is 4.57. The number of rotatable bonds is 3. The molecule has 2 heterocycles. The van der Waals surface area contributed by atoms with Crippen LogP contribution in [0.4, 0.5) is 5.82 Å². The van der Waals surface area contributed by atoms with Crippen LogP contribution < -0.4 is 10.2 Å². The quantitative estimate of drug-likeness (QED) is 0.907. The van der Waals surface area contributed by atoms with E-state index in [0.29, 0.717) is 0 Å². The predicted molar refractivity (Wildman–Crippen MR) is 83.0 cm³/mol. The minimum absolute atomic E-state index is 0.107. The van der Waals surface area contributed by atoms with Gasteiger partial charge in [0.25, 0.3) is 0 Å². The minimum Gasteiger partial charge on any atom is -0.354 e. The van der Waals surface area contributed by atoms with Crippen molar-refractivity contribution < 1.29 is 0 Å². The van der Waals surface area contributed by atoms with E-state index in [1.807, 2.05) is 12.4 Å². The fourth-order valence-corrected chi connectivity index (χ4v) is 2.23. The van der Waals surface area contributed by atoms with Crippen LogP contribution in [0.3, 0.4) is 0 Å². The van der Waals surface area contributed by atoms with Gasteiger partial charge < -0.3 is 15.1 Å². The third kappa shape index (κ3) is 4.72. The summed E-state index contributed by atoms with van der Waals surface area (Å²) in [5.74, 6) is 1.000. The fraction of sp³-hybridized carbons (Fsp3) is 0.733. The molecule has 112 valence electrons. The van der Waals surface area contributed by atoms with E-state index >= 15 is 0 Å². The number of hydrogen-bond acceptors (Lipinski definition) is 5. The fourth-order valence-electron chi connectivity index (χ4n) is 2.23. The second-order valence-corrected chi connectivity index (χ2v) is 6.61. The lowest BCUT2D eigenvalue weighted by molar-refractivity contribution is 0.360. The second kappa shape index (κ2) is 6.50. The van der Waals surface area contributed by atoms with E-state index in [0.717, 1.165) is 44.2 Å². The van der Waals surface area contributed by atoms with E-state index in [4.69, 9.17) is 0 Å². The Kier molecular flexibility index (Phi) is 4.94. The molecule has 5 heteroatoms. The molecular formula is C15H27N5. The molecule has 0 amide bonds. The zero-order valence-electron chi connectivity index (χ0n) is 13.2. The number of hydrogen-bond donors (Lipinski definition) is 1. The molecule has 1 aliphatic heterocycles. The molecule has 2 rings (SSSR count). The number of anilines is 1. The smallest absolute Gasteiger partial charge is 0.147 e. The van der Waals surface area contributed by atoms with Gasteiger partial charge in [-0.05, 0) is 40.8 Å². The lowest BCUT2D eigenvalue weighted by atomic mass is 10.1. The molecule has 0 aromatic carbocycles. The van der Waals surface area contributed by atoms with E-state index in [9.17, 15) is 0 Å². The van der Waals surface area contributed by atoms with Gasteiger partial charge in [-0.2, -0.15) is 0 Å². The molecule has 0 saturated carbocycles. The van der Waals surface area contributed by atoms with Gasteiger partial charge >= 0.3 is 0 Å². The van der Waals surface area contributed by atoms with Crippen molar-refractivity contribution in [2.24, 2.45) is 0 Å². The first-order chi connectivity index (χ1) is 9.44. The molecule has 1 saturated heterocycles. The van der Waals surface area contributed by atoms with Gasteiger partial charge in [-0.3, -0.25) is 4.98 Å². The number of nitrogens with one attached hydrogen (secondary N) is 1. The Bertz CT molecular complexity index is 409. The zero-order valence-corrected chi connectivity index (χ0v) is 13.2. The van der Waals surface area contributed by atoms with Gasteiger partial charge in [0.2, 0.25) is 0 Å². The number of likely N-dealkylation sites (N-methyl/N-ethyl adjacent to an activating group) is 1. The van der Waals surface area contributed by atoms with Gasteiger partial charge in [0.05, 0.1) is 18.1 Å². The Morgan fingerprint density at radius 2 is 1.90 bits per heavy atom. The Labute approximate surface area is 122 Å². The van der Waals surface area contributed by atoms with E-state index in [1.165, 1.54) is 6.42 Å². The van der Waals surface area contributed by atoms with Crippen LogP contribution >= 0.6 is 0 Å². The summed E-state index contributed by atoms with van der Waals surface area (Å²) in [4.78, 5) is 13.8. The van der Waals surface area contributed by atoms with Crippen LogP contribution in [-0.4, -0.2) is 53.6 Å². The molecule has 0 radical (unpaired) electrons. The maximum Gasteiger partial charge on any atom is 0.147 e. The Hall–Kier alpha value is -1.20. The first kappa shape index (κ1) is 15.2. The van der Waals surface area contributed by atoms with Gasteiger partial charge in [-0.1, -0.05) is 0 Å². The molecule has 0 aliphatic carbocycles. The normalized spacial score (nSPS) is 18.1. The summed E-state index contributed by atoms with van der Waals surface area (Å²) in [5, 5.41) is 3.43. The predicted octanol–water partition coefficient (Wildman–Crippen LogP) is 1.51. The monoisotopic (exact) mass is 277 g/mol. The first-order valence-electron chi connectivity index (χ1n) is 7.43. The van der Waals surface area contributed by atoms with Crippen LogP contribution in [0, 0.1) is 0 Å². The van der Waals surface area contributed by atoms with E-state index in [2.05, 4.69) is 52.9 Å². The molecule has 20 heavy (non-hydrogen) atoms. The third-order valence-electron chi connectivity index (χ3n) is 3.54. The van der Waals surface area contributed by atoms with Crippen molar-refractivity contribution in [3.8, 4) is 0 Å².